The molecule has 0 aliphatic heterocycles. The van der Waals surface area contributed by atoms with Crippen LogP contribution in [0.4, 0.5) is 0 Å². The van der Waals surface area contributed by atoms with Gasteiger partial charge in [0.2, 0.25) is 0 Å². The minimum Gasteiger partial charge on any atom is -0.497 e. The molecule has 0 bridgehead atoms. The minimum atomic E-state index is -1.66. The number of nitriles is 3. The molecule has 2 aliphatic rings. The number of rotatable bonds is 3. The van der Waals surface area contributed by atoms with Crippen molar-refractivity contribution in [2.75, 3.05) is 14.2 Å². The maximum absolute atomic E-state index is 10.1. The van der Waals surface area contributed by atoms with E-state index >= 15 is 0 Å². The lowest BCUT2D eigenvalue weighted by molar-refractivity contribution is 0.275. The molecule has 3 atom stereocenters. The summed E-state index contributed by atoms with van der Waals surface area (Å²) in [6.45, 7) is 2.13. The standard InChI is InChI=1S/C22H22N4O2/c1-13-4-6-15-16(8-13)20(17-9-14(27-2)5-7-19(17)28-3)22(11-24,12-25)21(26)18(15)10-23/h5-7,9,13,16,20H,4,8,26H2,1-3H3/t13-,16-,20+/m1/s1. The molecule has 1 aromatic rings. The number of ether oxygens (including phenoxy) is 2. The predicted molar refractivity (Wildman–Crippen MR) is 103 cm³/mol. The Bertz CT molecular complexity index is 973. The van der Waals surface area contributed by atoms with Crippen molar-refractivity contribution in [2.24, 2.45) is 23.0 Å². The van der Waals surface area contributed by atoms with Gasteiger partial charge in [0.05, 0.1) is 37.6 Å². The third-order valence-electron chi connectivity index (χ3n) is 5.88. The van der Waals surface area contributed by atoms with E-state index in [2.05, 4.69) is 25.1 Å². The van der Waals surface area contributed by atoms with Crippen LogP contribution in [0.3, 0.4) is 0 Å². The average Bonchev–Trinajstić information content (AvgIpc) is 2.72. The van der Waals surface area contributed by atoms with Crippen LogP contribution in [0.1, 0.15) is 31.2 Å². The van der Waals surface area contributed by atoms with E-state index in [0.29, 0.717) is 23.0 Å². The van der Waals surface area contributed by atoms with Crippen molar-refractivity contribution in [1.29, 1.82) is 15.8 Å². The number of methoxy groups -OCH3 is 2. The molecule has 142 valence electrons. The SMILES string of the molecule is COc1ccc(OC)c([C@@H]2[C@@H]3C[C@H](C)CC=C3C(C#N)=C(N)C2(C#N)C#N)c1. The highest BCUT2D eigenvalue weighted by Gasteiger charge is 2.55. The highest BCUT2D eigenvalue weighted by Crippen LogP contribution is 2.58. The van der Waals surface area contributed by atoms with Crippen molar-refractivity contribution in [3.8, 4) is 29.7 Å². The van der Waals surface area contributed by atoms with Crippen molar-refractivity contribution in [3.63, 3.8) is 0 Å². The van der Waals surface area contributed by atoms with Crippen LogP contribution in [0.25, 0.3) is 0 Å². The van der Waals surface area contributed by atoms with E-state index in [1.54, 1.807) is 32.4 Å². The second kappa shape index (κ2) is 7.29. The fraction of sp³-hybridized carbons (Fsp3) is 0.409. The van der Waals surface area contributed by atoms with Gasteiger partial charge in [-0.2, -0.15) is 15.8 Å². The molecule has 6 heteroatoms. The smallest absolute Gasteiger partial charge is 0.191 e. The molecule has 1 aromatic carbocycles. The Morgan fingerprint density at radius 1 is 1.14 bits per heavy atom. The molecule has 6 nitrogen and oxygen atoms in total. The summed E-state index contributed by atoms with van der Waals surface area (Å²) >= 11 is 0. The van der Waals surface area contributed by atoms with E-state index in [1.165, 1.54) is 0 Å². The van der Waals surface area contributed by atoms with Gasteiger partial charge >= 0.3 is 0 Å². The maximum atomic E-state index is 10.1. The van der Waals surface area contributed by atoms with Crippen LogP contribution in [0.15, 0.2) is 41.1 Å². The van der Waals surface area contributed by atoms with Crippen LogP contribution in [-0.2, 0) is 0 Å². The Morgan fingerprint density at radius 3 is 2.43 bits per heavy atom. The lowest BCUT2D eigenvalue weighted by Gasteiger charge is -2.44. The average molecular weight is 374 g/mol. The van der Waals surface area contributed by atoms with E-state index < -0.39 is 11.3 Å². The number of nitrogens with zero attached hydrogens (tertiary/aromatic N) is 3. The Kier molecular flexibility index (Phi) is 5.04. The zero-order valence-electron chi connectivity index (χ0n) is 16.2. The van der Waals surface area contributed by atoms with Crippen LogP contribution < -0.4 is 15.2 Å². The molecule has 0 aromatic heterocycles. The zero-order chi connectivity index (χ0) is 20.5. The second-order valence-corrected chi connectivity index (χ2v) is 7.36. The molecule has 3 rings (SSSR count). The predicted octanol–water partition coefficient (Wildman–Crippen LogP) is 3.54. The molecule has 0 unspecified atom stereocenters. The maximum Gasteiger partial charge on any atom is 0.191 e. The van der Waals surface area contributed by atoms with Crippen molar-refractivity contribution in [2.45, 2.75) is 25.7 Å². The largest absolute Gasteiger partial charge is 0.497 e. The van der Waals surface area contributed by atoms with E-state index in [9.17, 15) is 15.8 Å². The quantitative estimate of drug-likeness (QED) is 0.865. The molecule has 2 aliphatic carbocycles. The molecular weight excluding hydrogens is 352 g/mol. The fourth-order valence-electron chi connectivity index (χ4n) is 4.50. The van der Waals surface area contributed by atoms with Crippen molar-refractivity contribution in [1.82, 2.24) is 0 Å². The lowest BCUT2D eigenvalue weighted by atomic mass is 9.55. The molecule has 0 amide bonds. The topological polar surface area (TPSA) is 116 Å². The molecular formula is C22H22N4O2. The number of benzene rings is 1. The van der Waals surface area contributed by atoms with Gasteiger partial charge in [0.1, 0.15) is 17.6 Å². The van der Waals surface area contributed by atoms with Gasteiger partial charge in [0, 0.05) is 11.5 Å². The first-order valence-corrected chi connectivity index (χ1v) is 9.12. The Labute approximate surface area is 165 Å². The molecule has 0 spiro atoms. The number of nitrogens with two attached hydrogens (primary N) is 1. The van der Waals surface area contributed by atoms with Gasteiger partial charge in [-0.15, -0.1) is 0 Å². The Morgan fingerprint density at radius 2 is 1.86 bits per heavy atom. The van der Waals surface area contributed by atoms with E-state index in [0.717, 1.165) is 18.4 Å². The zero-order valence-corrected chi connectivity index (χ0v) is 16.2. The first-order chi connectivity index (χ1) is 13.5. The van der Waals surface area contributed by atoms with Crippen LogP contribution in [-0.4, -0.2) is 14.2 Å². The van der Waals surface area contributed by atoms with E-state index in [1.807, 2.05) is 6.08 Å². The van der Waals surface area contributed by atoms with Crippen LogP contribution >= 0.6 is 0 Å². The summed E-state index contributed by atoms with van der Waals surface area (Å²) in [6, 6.07) is 11.8. The summed E-state index contributed by atoms with van der Waals surface area (Å²) in [7, 11) is 3.11. The normalized spacial score (nSPS) is 25.4. The number of allylic oxidation sites excluding steroid dienone is 4. The van der Waals surface area contributed by atoms with Crippen molar-refractivity contribution in [3.05, 3.63) is 46.7 Å². The summed E-state index contributed by atoms with van der Waals surface area (Å²) in [6.07, 6.45) is 3.61. The molecule has 0 heterocycles. The first kappa shape index (κ1) is 19.3. The van der Waals surface area contributed by atoms with Gasteiger partial charge < -0.3 is 15.2 Å². The highest BCUT2D eigenvalue weighted by molar-refractivity contribution is 5.61. The lowest BCUT2D eigenvalue weighted by Crippen LogP contribution is -2.43. The van der Waals surface area contributed by atoms with Crippen molar-refractivity contribution < 1.29 is 9.47 Å². The van der Waals surface area contributed by atoms with Crippen molar-refractivity contribution >= 4 is 0 Å². The van der Waals surface area contributed by atoms with Gasteiger partial charge in [0.15, 0.2) is 5.41 Å². The summed E-state index contributed by atoms with van der Waals surface area (Å²) in [5, 5.41) is 30.0. The third kappa shape index (κ3) is 2.68. The molecule has 0 radical (unpaired) electrons. The van der Waals surface area contributed by atoms with Gasteiger partial charge in [-0.1, -0.05) is 13.0 Å². The summed E-state index contributed by atoms with van der Waals surface area (Å²) in [4.78, 5) is 0. The van der Waals surface area contributed by atoms with E-state index in [-0.39, 0.29) is 17.2 Å². The molecule has 2 N–H and O–H groups in total. The van der Waals surface area contributed by atoms with Gasteiger partial charge in [0.25, 0.3) is 0 Å². The second-order valence-electron chi connectivity index (χ2n) is 7.36. The van der Waals surface area contributed by atoms with E-state index in [4.69, 9.17) is 15.2 Å². The number of hydrogen-bond donors (Lipinski definition) is 1. The van der Waals surface area contributed by atoms with Gasteiger partial charge in [-0.05, 0) is 48.4 Å². The number of hydrogen-bond acceptors (Lipinski definition) is 6. The van der Waals surface area contributed by atoms with Crippen LogP contribution in [0, 0.1) is 51.2 Å². The fourth-order valence-corrected chi connectivity index (χ4v) is 4.50. The summed E-state index contributed by atoms with van der Waals surface area (Å²) in [5.74, 6) is 0.766. The minimum absolute atomic E-state index is 0.0203. The third-order valence-corrected chi connectivity index (χ3v) is 5.88. The van der Waals surface area contributed by atoms with Crippen LogP contribution in [0.2, 0.25) is 0 Å². The Balaban J connectivity index is 2.38. The molecule has 28 heavy (non-hydrogen) atoms. The highest BCUT2D eigenvalue weighted by atomic mass is 16.5. The van der Waals surface area contributed by atoms with Gasteiger partial charge in [-0.25, -0.2) is 0 Å². The summed E-state index contributed by atoms with van der Waals surface area (Å²) < 4.78 is 10.9. The molecule has 0 saturated heterocycles. The first-order valence-electron chi connectivity index (χ1n) is 9.12. The van der Waals surface area contributed by atoms with Gasteiger partial charge in [-0.3, -0.25) is 0 Å². The number of fused-ring (bicyclic) bond motifs is 1. The summed E-state index contributed by atoms with van der Waals surface area (Å²) in [5.41, 5.74) is 6.46. The Hall–Kier alpha value is -3.43. The monoisotopic (exact) mass is 374 g/mol. The van der Waals surface area contributed by atoms with Crippen LogP contribution in [0.5, 0.6) is 11.5 Å². The molecule has 0 saturated carbocycles. The molecule has 0 fully saturated rings.